The molecule has 0 spiro atoms. The zero-order chi connectivity index (χ0) is 64.7. The molecule has 0 bridgehead atoms. The molecule has 1 aliphatic carbocycles. The molecule has 1 aliphatic rings. The Morgan fingerprint density at radius 3 is 0.722 bits per heavy atom. The lowest BCUT2D eigenvalue weighted by molar-refractivity contribution is -0.293. The summed E-state index contributed by atoms with van der Waals surface area (Å²) in [7, 11) is 0. The third kappa shape index (κ3) is 15.7. The lowest BCUT2D eigenvalue weighted by Gasteiger charge is -2.60. The molecule has 1 saturated carbocycles. The molecule has 0 heterocycles. The molecule has 0 aromatic heterocycles. The second-order valence-electron chi connectivity index (χ2n) is 22.0. The molecular weight excluding hydrogens is 1150 g/mol. The molecule has 0 amide bonds. The molecule has 480 valence electrons. The van der Waals surface area contributed by atoms with Crippen molar-refractivity contribution in [3.05, 3.63) is 179 Å². The molecular formula is C72H84O18. The molecule has 3 N–H and O–H groups in total. The Kier molecular flexibility index (Phi) is 25.5. The summed E-state index contributed by atoms with van der Waals surface area (Å²) in [6.07, 6.45) is -0.206. The third-order valence-electron chi connectivity index (χ3n) is 15.5. The fourth-order valence-electron chi connectivity index (χ4n) is 10.2. The number of benzene rings is 6. The number of aliphatic hydroxyl groups is 3. The van der Waals surface area contributed by atoms with E-state index in [-0.39, 0.29) is 53.8 Å². The van der Waals surface area contributed by atoms with Gasteiger partial charge >= 0.3 is 17.9 Å². The number of hydrogen-bond acceptors (Lipinski definition) is 18. The molecule has 0 aliphatic heterocycles. The van der Waals surface area contributed by atoms with Gasteiger partial charge in [0.25, 0.3) is 16.8 Å². The Hall–Kier alpha value is -8.58. The van der Waals surface area contributed by atoms with Gasteiger partial charge in [-0.1, -0.05) is 80.1 Å². The van der Waals surface area contributed by atoms with Crippen LogP contribution < -0.4 is 28.4 Å². The molecule has 6 atom stereocenters. The molecule has 2 unspecified atom stereocenters. The third-order valence-corrected chi connectivity index (χ3v) is 15.5. The highest BCUT2D eigenvalue weighted by Crippen LogP contribution is 2.56. The molecule has 18 heteroatoms. The minimum atomic E-state index is -4.19. The van der Waals surface area contributed by atoms with E-state index in [1.54, 1.807) is 0 Å². The normalized spacial score (nSPS) is 19.4. The molecule has 6 aromatic carbocycles. The van der Waals surface area contributed by atoms with E-state index < -0.39 is 87.1 Å². The molecule has 18 nitrogen and oxygen atoms in total. The molecule has 0 saturated heterocycles. The first-order valence-electron chi connectivity index (χ1n) is 31.3. The number of rotatable bonds is 36. The summed E-state index contributed by atoms with van der Waals surface area (Å²) >= 11 is 0. The van der Waals surface area contributed by atoms with Crippen LogP contribution in [0.15, 0.2) is 146 Å². The van der Waals surface area contributed by atoms with Crippen LogP contribution in [0.1, 0.15) is 181 Å². The maximum absolute atomic E-state index is 17.3. The van der Waals surface area contributed by atoms with E-state index in [1.165, 1.54) is 146 Å². The van der Waals surface area contributed by atoms with Crippen LogP contribution >= 0.6 is 0 Å². The van der Waals surface area contributed by atoms with Crippen molar-refractivity contribution in [3.63, 3.8) is 0 Å². The smallest absolute Gasteiger partial charge is 0.339 e. The number of Topliss-reactive ketones (excluding diaryl/α,β-unsaturated/α-hetero) is 3. The van der Waals surface area contributed by atoms with Crippen LogP contribution in [0.5, 0.6) is 34.5 Å². The Morgan fingerprint density at radius 2 is 0.500 bits per heavy atom. The van der Waals surface area contributed by atoms with Crippen LogP contribution in [-0.4, -0.2) is 125 Å². The first kappa shape index (κ1) is 68.9. The number of carbonyl (C=O) groups excluding carboxylic acids is 6. The zero-order valence-corrected chi connectivity index (χ0v) is 52.3. The summed E-state index contributed by atoms with van der Waals surface area (Å²) in [5, 5.41) is 39.8. The van der Waals surface area contributed by atoms with E-state index in [9.17, 15) is 15.3 Å². The quantitative estimate of drug-likeness (QED) is 0.0143. The van der Waals surface area contributed by atoms with Gasteiger partial charge in [0, 0.05) is 16.7 Å². The topological polar surface area (TPSA) is 246 Å². The van der Waals surface area contributed by atoms with Crippen molar-refractivity contribution in [3.8, 4) is 34.5 Å². The highest BCUT2D eigenvalue weighted by Gasteiger charge is 2.88. The van der Waals surface area contributed by atoms with Gasteiger partial charge < -0.3 is 58.0 Å². The molecule has 0 radical (unpaired) electrons. The van der Waals surface area contributed by atoms with Crippen molar-refractivity contribution in [2.24, 2.45) is 0 Å². The second-order valence-corrected chi connectivity index (χ2v) is 22.0. The van der Waals surface area contributed by atoms with Gasteiger partial charge in [0.05, 0.1) is 56.3 Å². The number of ether oxygens (including phenoxy) is 9. The van der Waals surface area contributed by atoms with Crippen LogP contribution in [0.4, 0.5) is 0 Å². The number of unbranched alkanes of at least 4 members (excludes halogenated alkanes) is 6. The Bertz CT molecular complexity index is 3120. The summed E-state index contributed by atoms with van der Waals surface area (Å²) in [5.74, 6) is -7.69. The van der Waals surface area contributed by atoms with Gasteiger partial charge in [-0.15, -0.1) is 0 Å². The molecule has 7 rings (SSSR count). The number of aliphatic hydroxyl groups excluding tert-OH is 3. The molecule has 6 aromatic rings. The van der Waals surface area contributed by atoms with Crippen molar-refractivity contribution in [2.45, 2.75) is 154 Å². The average molecular weight is 1240 g/mol. The van der Waals surface area contributed by atoms with Crippen molar-refractivity contribution in [1.82, 2.24) is 0 Å². The highest BCUT2D eigenvalue weighted by atomic mass is 16.7. The summed E-state index contributed by atoms with van der Waals surface area (Å²) in [6.45, 7) is 13.6. The maximum atomic E-state index is 17.3. The predicted molar refractivity (Wildman–Crippen MR) is 337 cm³/mol. The number of esters is 3. The summed E-state index contributed by atoms with van der Waals surface area (Å²) < 4.78 is 55.5. The first-order chi connectivity index (χ1) is 43.6. The summed E-state index contributed by atoms with van der Waals surface area (Å²) in [4.78, 5) is 98.4. The largest absolute Gasteiger partial charge is 0.494 e. The highest BCUT2D eigenvalue weighted by molar-refractivity contribution is 6.21. The van der Waals surface area contributed by atoms with E-state index in [1.807, 2.05) is 41.5 Å². The van der Waals surface area contributed by atoms with Gasteiger partial charge in [-0.25, -0.2) is 14.4 Å². The van der Waals surface area contributed by atoms with E-state index in [2.05, 4.69) is 0 Å². The minimum Gasteiger partial charge on any atom is -0.494 e. The van der Waals surface area contributed by atoms with Crippen molar-refractivity contribution >= 4 is 35.3 Å². The maximum Gasteiger partial charge on any atom is 0.339 e. The Labute approximate surface area is 526 Å². The molecule has 90 heavy (non-hydrogen) atoms. The van der Waals surface area contributed by atoms with Gasteiger partial charge in [0.1, 0.15) is 52.8 Å². The molecule has 1 fully saturated rings. The standard InChI is InChI=1S/C72H84O18/c1-7-13-43-82-55-31-19-49(20-32-55)62(74)70(88-67(79)52-25-37-58(38-26-52)85-46-16-10-4)65(77)61(73)66(78)71(63(75)50-21-33-56(34-22-50)83-44-14-8-2,89-68(80)53-27-39-59(40-28-53)86-47-17-11-5)72(70,64(76)51-23-35-57(36-24-51)84-45-15-9-3)90-69(81)54-29-41-60(42-30-54)87-48-18-12-6/h19-42,61,65-66,73,77-78H,7-18,43-48H2,1-6H3/t61?,65-,66+,70+,71-,72?. The number of carbonyl (C=O) groups is 6. The van der Waals surface area contributed by atoms with Crippen molar-refractivity contribution in [1.29, 1.82) is 0 Å². The van der Waals surface area contributed by atoms with Crippen molar-refractivity contribution in [2.75, 3.05) is 39.6 Å². The monoisotopic (exact) mass is 1240 g/mol. The fourth-order valence-corrected chi connectivity index (χ4v) is 10.2. The Morgan fingerprint density at radius 1 is 0.300 bits per heavy atom. The van der Waals surface area contributed by atoms with Crippen LogP contribution in [0, 0.1) is 0 Å². The Balaban J connectivity index is 1.65. The summed E-state index contributed by atoms with van der Waals surface area (Å²) in [6, 6.07) is 31.6. The van der Waals surface area contributed by atoms with E-state index in [0.717, 1.165) is 38.5 Å². The number of hydrogen-bond donors (Lipinski definition) is 3. The van der Waals surface area contributed by atoms with Gasteiger partial charge in [-0.2, -0.15) is 0 Å². The SMILES string of the molecule is CCCCOc1ccc(C(=O)OC2(C(=O)c3ccc(OCCCC)cc3)[C@@](OC(=O)c3ccc(OCCCC)cc3)(C(=O)c3ccc(OCCCC)cc3)[C@@H](O)C(O)[C@@H](O)[C@@]2(OC(=O)c2ccc(OCCCC)cc2)C(=O)c2ccc(OCCCC)cc2)cc1. The lowest BCUT2D eigenvalue weighted by Crippen LogP contribution is -2.91. The zero-order valence-electron chi connectivity index (χ0n) is 52.3. The van der Waals surface area contributed by atoms with Crippen LogP contribution in [0.2, 0.25) is 0 Å². The lowest BCUT2D eigenvalue weighted by atomic mass is 9.52. The van der Waals surface area contributed by atoms with Gasteiger partial charge in [-0.05, 0) is 184 Å². The summed E-state index contributed by atoms with van der Waals surface area (Å²) in [5.41, 5.74) is -14.8. The van der Waals surface area contributed by atoms with Crippen LogP contribution in [0.25, 0.3) is 0 Å². The average Bonchev–Trinajstić information content (AvgIpc) is 0.673. The number of ketones is 3. The van der Waals surface area contributed by atoms with Crippen LogP contribution in [-0.2, 0) is 14.2 Å². The van der Waals surface area contributed by atoms with Crippen molar-refractivity contribution < 1.29 is 86.7 Å². The second kappa shape index (κ2) is 33.3. The van der Waals surface area contributed by atoms with E-state index in [0.29, 0.717) is 75.6 Å². The fraction of sp³-hybridized carbons (Fsp3) is 0.417. The predicted octanol–water partition coefficient (Wildman–Crippen LogP) is 12.6. The van der Waals surface area contributed by atoms with E-state index >= 15 is 28.8 Å². The van der Waals surface area contributed by atoms with Crippen LogP contribution in [0.3, 0.4) is 0 Å². The van der Waals surface area contributed by atoms with Gasteiger partial charge in [-0.3, -0.25) is 14.4 Å². The minimum absolute atomic E-state index is 0.237. The van der Waals surface area contributed by atoms with E-state index in [4.69, 9.17) is 42.6 Å². The first-order valence-corrected chi connectivity index (χ1v) is 31.3. The van der Waals surface area contributed by atoms with Gasteiger partial charge in [0.2, 0.25) is 17.3 Å². The van der Waals surface area contributed by atoms with Gasteiger partial charge in [0.15, 0.2) is 0 Å².